The molecule has 0 radical (unpaired) electrons. The van der Waals surface area contributed by atoms with Crippen LogP contribution in [0.1, 0.15) is 23.3 Å². The topological polar surface area (TPSA) is 73.6 Å². The normalized spacial score (nSPS) is 10.4. The van der Waals surface area contributed by atoms with Gasteiger partial charge in [-0.05, 0) is 6.92 Å². The van der Waals surface area contributed by atoms with Gasteiger partial charge in [-0.15, -0.1) is 0 Å². The van der Waals surface area contributed by atoms with Crippen molar-refractivity contribution in [3.8, 4) is 0 Å². The lowest BCUT2D eigenvalue weighted by Gasteiger charge is -1.99. The van der Waals surface area contributed by atoms with Crippen molar-refractivity contribution in [2.24, 2.45) is 0 Å². The molecule has 0 aliphatic carbocycles. The van der Waals surface area contributed by atoms with Crippen LogP contribution in [-0.4, -0.2) is 37.8 Å². The lowest BCUT2D eigenvalue weighted by Crippen LogP contribution is -2.18. The quantitative estimate of drug-likeness (QED) is 0.544. The fraction of sp³-hybridized carbons (Fsp3) is 0.600. The minimum atomic E-state index is -0.464. The molecule has 0 amide bonds. The van der Waals surface area contributed by atoms with Crippen LogP contribution in [0.25, 0.3) is 0 Å². The van der Waals surface area contributed by atoms with Crippen molar-refractivity contribution < 1.29 is 18.7 Å². The number of carbonyl (C=O) groups excluding carboxylic acids is 1. The van der Waals surface area contributed by atoms with Crippen LogP contribution in [0.3, 0.4) is 0 Å². The summed E-state index contributed by atoms with van der Waals surface area (Å²) in [5.41, 5.74) is 0.199. The molecule has 6 heteroatoms. The standard InChI is InChI=1S/C10H16N2O4/c1-3-15-10(13)8-7-16-9(12-8)6-11-4-5-14-2/h7,11H,3-6H2,1-2H3. The van der Waals surface area contributed by atoms with Crippen molar-refractivity contribution >= 4 is 5.97 Å². The van der Waals surface area contributed by atoms with Crippen LogP contribution in [0, 0.1) is 0 Å². The van der Waals surface area contributed by atoms with Crippen molar-refractivity contribution in [2.75, 3.05) is 26.9 Å². The fourth-order valence-electron chi connectivity index (χ4n) is 1.06. The lowest BCUT2D eigenvalue weighted by atomic mass is 10.5. The SMILES string of the molecule is CCOC(=O)c1coc(CNCCOC)n1. The summed E-state index contributed by atoms with van der Waals surface area (Å²) in [4.78, 5) is 15.2. The van der Waals surface area contributed by atoms with Crippen LogP contribution in [0.4, 0.5) is 0 Å². The summed E-state index contributed by atoms with van der Waals surface area (Å²) >= 11 is 0. The Morgan fingerprint density at radius 2 is 2.44 bits per heavy atom. The van der Waals surface area contributed by atoms with Crippen molar-refractivity contribution in [3.05, 3.63) is 17.8 Å². The zero-order valence-electron chi connectivity index (χ0n) is 9.49. The molecule has 0 unspecified atom stereocenters. The van der Waals surface area contributed by atoms with E-state index in [1.54, 1.807) is 14.0 Å². The van der Waals surface area contributed by atoms with Crippen molar-refractivity contribution in [1.29, 1.82) is 0 Å². The highest BCUT2D eigenvalue weighted by Crippen LogP contribution is 2.03. The minimum Gasteiger partial charge on any atom is -0.461 e. The number of nitrogens with zero attached hydrogens (tertiary/aromatic N) is 1. The molecule has 6 nitrogen and oxygen atoms in total. The number of ether oxygens (including phenoxy) is 2. The Morgan fingerprint density at radius 1 is 1.62 bits per heavy atom. The van der Waals surface area contributed by atoms with E-state index in [-0.39, 0.29) is 5.69 Å². The monoisotopic (exact) mass is 228 g/mol. The van der Waals surface area contributed by atoms with E-state index < -0.39 is 5.97 Å². The molecular weight excluding hydrogens is 212 g/mol. The molecule has 0 bridgehead atoms. The Bertz CT molecular complexity index is 324. The van der Waals surface area contributed by atoms with Crippen LogP contribution in [0.5, 0.6) is 0 Å². The number of hydrogen-bond donors (Lipinski definition) is 1. The van der Waals surface area contributed by atoms with Gasteiger partial charge in [-0.1, -0.05) is 0 Å². The Kier molecular flexibility index (Phi) is 5.52. The highest BCUT2D eigenvalue weighted by Gasteiger charge is 2.12. The molecule has 0 aliphatic heterocycles. The number of hydrogen-bond acceptors (Lipinski definition) is 6. The number of nitrogens with one attached hydrogen (secondary N) is 1. The lowest BCUT2D eigenvalue weighted by molar-refractivity contribution is 0.0519. The highest BCUT2D eigenvalue weighted by molar-refractivity contribution is 5.86. The molecule has 1 rings (SSSR count). The number of methoxy groups -OCH3 is 1. The molecule has 0 spiro atoms. The molecule has 0 aliphatic rings. The Morgan fingerprint density at radius 3 is 3.12 bits per heavy atom. The van der Waals surface area contributed by atoms with Gasteiger partial charge in [0, 0.05) is 13.7 Å². The molecule has 16 heavy (non-hydrogen) atoms. The van der Waals surface area contributed by atoms with Gasteiger partial charge in [-0.3, -0.25) is 0 Å². The van der Waals surface area contributed by atoms with Gasteiger partial charge in [0.1, 0.15) is 6.26 Å². The van der Waals surface area contributed by atoms with E-state index in [0.717, 1.165) is 0 Å². The van der Waals surface area contributed by atoms with E-state index in [1.165, 1.54) is 6.26 Å². The molecule has 1 heterocycles. The van der Waals surface area contributed by atoms with Gasteiger partial charge in [-0.25, -0.2) is 9.78 Å². The maximum Gasteiger partial charge on any atom is 0.360 e. The van der Waals surface area contributed by atoms with E-state index in [9.17, 15) is 4.79 Å². The number of aromatic nitrogens is 1. The molecule has 1 aromatic heterocycles. The molecule has 0 fully saturated rings. The van der Waals surface area contributed by atoms with E-state index in [0.29, 0.717) is 32.2 Å². The number of esters is 1. The smallest absolute Gasteiger partial charge is 0.360 e. The average Bonchev–Trinajstić information content (AvgIpc) is 2.73. The van der Waals surface area contributed by atoms with Crippen molar-refractivity contribution in [2.45, 2.75) is 13.5 Å². The summed E-state index contributed by atoms with van der Waals surface area (Å²) in [7, 11) is 1.63. The van der Waals surface area contributed by atoms with Crippen LogP contribution in [-0.2, 0) is 16.0 Å². The van der Waals surface area contributed by atoms with Gasteiger partial charge >= 0.3 is 5.97 Å². The van der Waals surface area contributed by atoms with E-state index in [4.69, 9.17) is 13.9 Å². The maximum absolute atomic E-state index is 11.2. The molecule has 1 aromatic rings. The zero-order valence-corrected chi connectivity index (χ0v) is 9.49. The van der Waals surface area contributed by atoms with Crippen molar-refractivity contribution in [1.82, 2.24) is 10.3 Å². The van der Waals surface area contributed by atoms with E-state index >= 15 is 0 Å². The number of carbonyl (C=O) groups is 1. The molecular formula is C10H16N2O4. The first-order valence-corrected chi connectivity index (χ1v) is 5.09. The Balaban J connectivity index is 2.36. The van der Waals surface area contributed by atoms with Crippen molar-refractivity contribution in [3.63, 3.8) is 0 Å². The first-order valence-electron chi connectivity index (χ1n) is 5.09. The zero-order chi connectivity index (χ0) is 11.8. The van der Waals surface area contributed by atoms with Crippen LogP contribution < -0.4 is 5.32 Å². The maximum atomic E-state index is 11.2. The molecule has 90 valence electrons. The third-order valence-electron chi connectivity index (χ3n) is 1.80. The number of oxazole rings is 1. The summed E-state index contributed by atoms with van der Waals surface area (Å²) in [6.45, 7) is 3.85. The minimum absolute atomic E-state index is 0.199. The summed E-state index contributed by atoms with van der Waals surface area (Å²) < 4.78 is 14.7. The molecule has 0 saturated heterocycles. The van der Waals surface area contributed by atoms with Gasteiger partial charge in [0.2, 0.25) is 5.89 Å². The highest BCUT2D eigenvalue weighted by atomic mass is 16.5. The predicted octanol–water partition coefficient (Wildman–Crippen LogP) is 0.587. The van der Waals surface area contributed by atoms with E-state index in [2.05, 4.69) is 10.3 Å². The number of rotatable bonds is 7. The Hall–Kier alpha value is -1.40. The first-order chi connectivity index (χ1) is 7.77. The van der Waals surface area contributed by atoms with Gasteiger partial charge in [0.25, 0.3) is 0 Å². The predicted molar refractivity (Wildman–Crippen MR) is 56.0 cm³/mol. The third-order valence-corrected chi connectivity index (χ3v) is 1.80. The van der Waals surface area contributed by atoms with Crippen LogP contribution >= 0.6 is 0 Å². The second-order valence-electron chi connectivity index (χ2n) is 3.02. The van der Waals surface area contributed by atoms with Crippen LogP contribution in [0.15, 0.2) is 10.7 Å². The average molecular weight is 228 g/mol. The van der Waals surface area contributed by atoms with Gasteiger partial charge < -0.3 is 19.2 Å². The second kappa shape index (κ2) is 6.97. The fourth-order valence-corrected chi connectivity index (χ4v) is 1.06. The second-order valence-corrected chi connectivity index (χ2v) is 3.02. The van der Waals surface area contributed by atoms with Crippen LogP contribution in [0.2, 0.25) is 0 Å². The summed E-state index contributed by atoms with van der Waals surface area (Å²) in [6.07, 6.45) is 1.30. The van der Waals surface area contributed by atoms with Gasteiger partial charge in [0.05, 0.1) is 19.8 Å². The molecule has 0 aromatic carbocycles. The third kappa shape index (κ3) is 4.00. The van der Waals surface area contributed by atoms with Gasteiger partial charge in [0.15, 0.2) is 5.69 Å². The first kappa shape index (κ1) is 12.7. The van der Waals surface area contributed by atoms with Gasteiger partial charge in [-0.2, -0.15) is 0 Å². The summed E-state index contributed by atoms with van der Waals surface area (Å²) in [5.74, 6) is -0.00597. The molecule has 0 atom stereocenters. The largest absolute Gasteiger partial charge is 0.461 e. The molecule has 0 saturated carbocycles. The summed E-state index contributed by atoms with van der Waals surface area (Å²) in [5, 5.41) is 3.05. The summed E-state index contributed by atoms with van der Waals surface area (Å²) in [6, 6.07) is 0. The Labute approximate surface area is 93.9 Å². The van der Waals surface area contributed by atoms with E-state index in [1.807, 2.05) is 0 Å². The molecule has 1 N–H and O–H groups in total.